The van der Waals surface area contributed by atoms with Crippen LogP contribution in [0.1, 0.15) is 27.2 Å². The van der Waals surface area contributed by atoms with Gasteiger partial charge >= 0.3 is 6.09 Å². The summed E-state index contributed by atoms with van der Waals surface area (Å²) < 4.78 is 6.01. The number of carbonyl (C=O) groups excluding carboxylic acids is 1. The van der Waals surface area contributed by atoms with Crippen LogP contribution in [-0.4, -0.2) is 24.8 Å². The molecule has 112 valence electrons. The Labute approximate surface area is 133 Å². The first-order valence-corrected chi connectivity index (χ1v) is 7.61. The molecule has 2 N–H and O–H groups in total. The van der Waals surface area contributed by atoms with Gasteiger partial charge in [0, 0.05) is 23.2 Å². The first kappa shape index (κ1) is 17.1. The van der Waals surface area contributed by atoms with Gasteiger partial charge in [0.05, 0.1) is 5.02 Å². The molecule has 0 radical (unpaired) electrons. The quantitative estimate of drug-likeness (QED) is 0.761. The molecule has 1 rings (SSSR count). The van der Waals surface area contributed by atoms with Gasteiger partial charge in [-0.05, 0) is 61.3 Å². The highest BCUT2D eigenvalue weighted by atomic mass is 79.9. The fourth-order valence-electron chi connectivity index (χ4n) is 1.43. The molecule has 0 aliphatic carbocycles. The number of benzene rings is 1. The van der Waals surface area contributed by atoms with E-state index in [1.165, 1.54) is 0 Å². The Bertz CT molecular complexity index is 461. The first-order chi connectivity index (χ1) is 9.28. The smallest absolute Gasteiger partial charge is 0.407 e. The van der Waals surface area contributed by atoms with Crippen LogP contribution in [0.5, 0.6) is 0 Å². The highest BCUT2D eigenvalue weighted by Crippen LogP contribution is 2.25. The van der Waals surface area contributed by atoms with Crippen LogP contribution in [0, 0.1) is 0 Å². The van der Waals surface area contributed by atoms with Gasteiger partial charge < -0.3 is 15.4 Å². The SMILES string of the molecule is CC(C)(C)OC(=O)NCCCNc1ccc(Br)c(Cl)c1. The average Bonchev–Trinajstić information content (AvgIpc) is 2.31. The second-order valence-corrected chi connectivity index (χ2v) is 6.60. The molecule has 0 aliphatic heterocycles. The Morgan fingerprint density at radius 2 is 2.05 bits per heavy atom. The van der Waals surface area contributed by atoms with E-state index in [4.69, 9.17) is 16.3 Å². The Morgan fingerprint density at radius 3 is 2.65 bits per heavy atom. The van der Waals surface area contributed by atoms with Crippen molar-refractivity contribution >= 4 is 39.3 Å². The van der Waals surface area contributed by atoms with Gasteiger partial charge in [0.1, 0.15) is 5.60 Å². The lowest BCUT2D eigenvalue weighted by Gasteiger charge is -2.19. The van der Waals surface area contributed by atoms with E-state index in [1.54, 1.807) is 0 Å². The molecule has 1 amide bonds. The Kier molecular flexibility index (Phi) is 6.62. The minimum Gasteiger partial charge on any atom is -0.444 e. The van der Waals surface area contributed by atoms with Gasteiger partial charge in [0.25, 0.3) is 0 Å². The molecular formula is C14H20BrClN2O2. The fraction of sp³-hybridized carbons (Fsp3) is 0.500. The van der Waals surface area contributed by atoms with Crippen LogP contribution in [0.2, 0.25) is 5.02 Å². The molecule has 0 aliphatic rings. The third-order valence-corrected chi connectivity index (χ3v) is 3.50. The summed E-state index contributed by atoms with van der Waals surface area (Å²) in [5.74, 6) is 0. The lowest BCUT2D eigenvalue weighted by atomic mass is 10.2. The number of hydrogen-bond acceptors (Lipinski definition) is 3. The van der Waals surface area contributed by atoms with E-state index in [0.717, 1.165) is 23.1 Å². The number of nitrogens with one attached hydrogen (secondary N) is 2. The number of halogens is 2. The van der Waals surface area contributed by atoms with E-state index in [9.17, 15) is 4.79 Å². The summed E-state index contributed by atoms with van der Waals surface area (Å²) in [5.41, 5.74) is 0.492. The zero-order valence-electron chi connectivity index (χ0n) is 11.9. The molecule has 6 heteroatoms. The summed E-state index contributed by atoms with van der Waals surface area (Å²) >= 11 is 9.34. The molecule has 0 unspecified atom stereocenters. The summed E-state index contributed by atoms with van der Waals surface area (Å²) in [4.78, 5) is 11.4. The van der Waals surface area contributed by atoms with Crippen molar-refractivity contribution < 1.29 is 9.53 Å². The standard InChI is InChI=1S/C14H20BrClN2O2/c1-14(2,3)20-13(19)18-8-4-7-17-10-5-6-11(15)12(16)9-10/h5-6,9,17H,4,7-8H2,1-3H3,(H,18,19). The Hall–Kier alpha value is -0.940. The molecule has 0 heterocycles. The van der Waals surface area contributed by atoms with Crippen LogP contribution < -0.4 is 10.6 Å². The van der Waals surface area contributed by atoms with Crippen LogP contribution in [-0.2, 0) is 4.74 Å². The van der Waals surface area contributed by atoms with Gasteiger partial charge in [0.15, 0.2) is 0 Å². The van der Waals surface area contributed by atoms with E-state index in [1.807, 2.05) is 39.0 Å². The minimum absolute atomic E-state index is 0.385. The maximum atomic E-state index is 11.4. The van der Waals surface area contributed by atoms with Crippen molar-refractivity contribution in [1.29, 1.82) is 0 Å². The number of amides is 1. The third-order valence-electron chi connectivity index (χ3n) is 2.27. The van der Waals surface area contributed by atoms with Gasteiger partial charge in [-0.3, -0.25) is 0 Å². The third kappa shape index (κ3) is 7.01. The lowest BCUT2D eigenvalue weighted by molar-refractivity contribution is 0.0528. The second kappa shape index (κ2) is 7.74. The summed E-state index contributed by atoms with van der Waals surface area (Å²) in [7, 11) is 0. The van der Waals surface area contributed by atoms with Gasteiger partial charge in [-0.15, -0.1) is 0 Å². The predicted molar refractivity (Wildman–Crippen MR) is 86.5 cm³/mol. The molecule has 0 bridgehead atoms. The molecule has 4 nitrogen and oxygen atoms in total. The zero-order valence-corrected chi connectivity index (χ0v) is 14.3. The van der Waals surface area contributed by atoms with Crippen molar-refractivity contribution in [2.45, 2.75) is 32.8 Å². The van der Waals surface area contributed by atoms with E-state index in [2.05, 4.69) is 26.6 Å². The number of carbonyl (C=O) groups is 1. The highest BCUT2D eigenvalue weighted by molar-refractivity contribution is 9.10. The normalized spacial score (nSPS) is 11.1. The van der Waals surface area contributed by atoms with Crippen LogP contribution in [0.3, 0.4) is 0 Å². The number of alkyl carbamates (subject to hydrolysis) is 1. The van der Waals surface area contributed by atoms with Crippen molar-refractivity contribution in [3.05, 3.63) is 27.7 Å². The van der Waals surface area contributed by atoms with Crippen LogP contribution >= 0.6 is 27.5 Å². The van der Waals surface area contributed by atoms with Gasteiger partial charge in [-0.25, -0.2) is 4.79 Å². The fourth-order valence-corrected chi connectivity index (χ4v) is 1.86. The molecule has 0 fully saturated rings. The van der Waals surface area contributed by atoms with Crippen molar-refractivity contribution in [2.75, 3.05) is 18.4 Å². The molecule has 0 saturated heterocycles. The van der Waals surface area contributed by atoms with E-state index in [-0.39, 0.29) is 6.09 Å². The van der Waals surface area contributed by atoms with Gasteiger partial charge in [0.2, 0.25) is 0 Å². The molecule has 0 aromatic heterocycles. The number of ether oxygens (including phenoxy) is 1. The highest BCUT2D eigenvalue weighted by Gasteiger charge is 2.15. The van der Waals surface area contributed by atoms with E-state index < -0.39 is 5.60 Å². The summed E-state index contributed by atoms with van der Waals surface area (Å²) in [5, 5.41) is 6.62. The molecule has 0 spiro atoms. The summed E-state index contributed by atoms with van der Waals surface area (Å²) in [6.45, 7) is 6.82. The number of anilines is 1. The maximum absolute atomic E-state index is 11.4. The van der Waals surface area contributed by atoms with Gasteiger partial charge in [-0.2, -0.15) is 0 Å². The van der Waals surface area contributed by atoms with Crippen molar-refractivity contribution in [3.8, 4) is 0 Å². The average molecular weight is 364 g/mol. The Balaban J connectivity index is 2.19. The van der Waals surface area contributed by atoms with Gasteiger partial charge in [-0.1, -0.05) is 11.6 Å². The lowest BCUT2D eigenvalue weighted by Crippen LogP contribution is -2.33. The van der Waals surface area contributed by atoms with Crippen LogP contribution in [0.15, 0.2) is 22.7 Å². The van der Waals surface area contributed by atoms with E-state index in [0.29, 0.717) is 11.6 Å². The molecule has 1 aromatic carbocycles. The summed E-state index contributed by atoms with van der Waals surface area (Å²) in [6.07, 6.45) is 0.414. The van der Waals surface area contributed by atoms with Crippen molar-refractivity contribution in [1.82, 2.24) is 5.32 Å². The van der Waals surface area contributed by atoms with Crippen molar-refractivity contribution in [3.63, 3.8) is 0 Å². The van der Waals surface area contributed by atoms with E-state index >= 15 is 0 Å². The Morgan fingerprint density at radius 1 is 1.35 bits per heavy atom. The number of rotatable bonds is 5. The molecular weight excluding hydrogens is 344 g/mol. The first-order valence-electron chi connectivity index (χ1n) is 6.44. The molecule has 0 atom stereocenters. The van der Waals surface area contributed by atoms with Crippen LogP contribution in [0.4, 0.5) is 10.5 Å². The predicted octanol–water partition coefficient (Wildman–Crippen LogP) is 4.43. The maximum Gasteiger partial charge on any atom is 0.407 e. The summed E-state index contributed by atoms with van der Waals surface area (Å²) in [6, 6.07) is 5.69. The van der Waals surface area contributed by atoms with Crippen LogP contribution in [0.25, 0.3) is 0 Å². The molecule has 1 aromatic rings. The molecule has 0 saturated carbocycles. The monoisotopic (exact) mass is 362 g/mol. The number of hydrogen-bond donors (Lipinski definition) is 2. The molecule has 20 heavy (non-hydrogen) atoms. The minimum atomic E-state index is -0.462. The second-order valence-electron chi connectivity index (χ2n) is 5.34. The van der Waals surface area contributed by atoms with Crippen molar-refractivity contribution in [2.24, 2.45) is 0 Å². The topological polar surface area (TPSA) is 50.4 Å². The largest absolute Gasteiger partial charge is 0.444 e. The zero-order chi connectivity index (χ0) is 15.2.